The molecule has 6 heteroatoms. The molecule has 2 heterocycles. The van der Waals surface area contributed by atoms with Crippen molar-refractivity contribution in [2.75, 3.05) is 27.2 Å². The SMILES string of the molecule is Cc1c(CCC(=O)NCCCN(C)C)c(=O)oc2c(C)c3oc4c(c3cc12)CCCC4. The summed E-state index contributed by atoms with van der Waals surface area (Å²) in [7, 11) is 4.02. The largest absolute Gasteiger partial charge is 0.460 e. The van der Waals surface area contributed by atoms with E-state index in [1.807, 2.05) is 27.9 Å². The summed E-state index contributed by atoms with van der Waals surface area (Å²) < 4.78 is 11.9. The van der Waals surface area contributed by atoms with E-state index in [4.69, 9.17) is 8.83 Å². The van der Waals surface area contributed by atoms with Gasteiger partial charge >= 0.3 is 5.63 Å². The number of nitrogens with zero attached hydrogens (tertiary/aromatic N) is 1. The highest BCUT2D eigenvalue weighted by molar-refractivity contribution is 6.00. The average Bonchev–Trinajstić information content (AvgIpc) is 3.11. The van der Waals surface area contributed by atoms with Crippen LogP contribution >= 0.6 is 0 Å². The minimum absolute atomic E-state index is 0.0341. The van der Waals surface area contributed by atoms with Crippen LogP contribution in [0.15, 0.2) is 19.7 Å². The first-order valence-corrected chi connectivity index (χ1v) is 11.3. The van der Waals surface area contributed by atoms with Gasteiger partial charge in [0.15, 0.2) is 0 Å². The molecule has 0 bridgehead atoms. The van der Waals surface area contributed by atoms with Gasteiger partial charge < -0.3 is 19.1 Å². The van der Waals surface area contributed by atoms with E-state index in [1.165, 1.54) is 12.0 Å². The van der Waals surface area contributed by atoms with Crippen molar-refractivity contribution in [2.45, 2.75) is 58.8 Å². The number of carbonyl (C=O) groups is 1. The lowest BCUT2D eigenvalue weighted by Crippen LogP contribution is -2.27. The quantitative estimate of drug-likeness (QED) is 0.458. The number of hydrogen-bond donors (Lipinski definition) is 1. The molecular weight excluding hydrogens is 392 g/mol. The molecule has 0 aliphatic heterocycles. The van der Waals surface area contributed by atoms with Gasteiger partial charge in [0.2, 0.25) is 5.91 Å². The summed E-state index contributed by atoms with van der Waals surface area (Å²) >= 11 is 0. The molecule has 1 amide bonds. The number of amides is 1. The molecule has 0 radical (unpaired) electrons. The lowest BCUT2D eigenvalue weighted by atomic mass is 9.93. The van der Waals surface area contributed by atoms with Crippen LogP contribution in [0.4, 0.5) is 0 Å². The molecule has 1 aliphatic rings. The topological polar surface area (TPSA) is 75.7 Å². The molecular formula is C25H32N2O4. The molecule has 3 aromatic rings. The predicted molar refractivity (Wildman–Crippen MR) is 123 cm³/mol. The fraction of sp³-hybridized carbons (Fsp3) is 0.520. The van der Waals surface area contributed by atoms with Gasteiger partial charge in [-0.2, -0.15) is 0 Å². The predicted octanol–water partition coefficient (Wildman–Crippen LogP) is 4.04. The summed E-state index contributed by atoms with van der Waals surface area (Å²) in [6.07, 6.45) is 5.89. The van der Waals surface area contributed by atoms with Crippen molar-refractivity contribution in [2.24, 2.45) is 0 Å². The molecule has 166 valence electrons. The normalized spacial score (nSPS) is 13.8. The first kappa shape index (κ1) is 21.6. The standard InChI is InChI=1S/C25H32N2O4/c1-15-17(10-11-22(28)26-12-7-13-27(3)4)25(29)31-23-16(2)24-20(14-19(15)23)18-8-5-6-9-21(18)30-24/h14H,5-13H2,1-4H3,(H,26,28). The first-order valence-electron chi connectivity index (χ1n) is 11.3. The van der Waals surface area contributed by atoms with Crippen molar-refractivity contribution >= 4 is 27.8 Å². The van der Waals surface area contributed by atoms with E-state index in [9.17, 15) is 9.59 Å². The minimum atomic E-state index is -0.357. The van der Waals surface area contributed by atoms with Crippen molar-refractivity contribution in [3.63, 3.8) is 0 Å². The van der Waals surface area contributed by atoms with E-state index >= 15 is 0 Å². The number of benzene rings is 1. The maximum atomic E-state index is 12.8. The minimum Gasteiger partial charge on any atom is -0.460 e. The summed E-state index contributed by atoms with van der Waals surface area (Å²) in [6.45, 7) is 5.49. The third-order valence-corrected chi connectivity index (χ3v) is 6.43. The van der Waals surface area contributed by atoms with E-state index < -0.39 is 0 Å². The summed E-state index contributed by atoms with van der Waals surface area (Å²) in [5.41, 5.74) is 4.76. The number of hydrogen-bond acceptors (Lipinski definition) is 5. The molecule has 0 fully saturated rings. The fourth-order valence-corrected chi connectivity index (χ4v) is 4.66. The fourth-order valence-electron chi connectivity index (χ4n) is 4.66. The van der Waals surface area contributed by atoms with E-state index in [1.54, 1.807) is 0 Å². The van der Waals surface area contributed by atoms with Crippen molar-refractivity contribution < 1.29 is 13.6 Å². The molecule has 1 N–H and O–H groups in total. The van der Waals surface area contributed by atoms with E-state index in [-0.39, 0.29) is 18.0 Å². The van der Waals surface area contributed by atoms with Gasteiger partial charge in [0.1, 0.15) is 16.9 Å². The van der Waals surface area contributed by atoms with E-state index in [0.717, 1.165) is 65.5 Å². The molecule has 4 rings (SSSR count). The van der Waals surface area contributed by atoms with Crippen LogP contribution in [0, 0.1) is 13.8 Å². The van der Waals surface area contributed by atoms with E-state index in [2.05, 4.69) is 16.3 Å². The Bertz CT molecular complexity index is 1190. The Hall–Kier alpha value is -2.60. The second-order valence-electron chi connectivity index (χ2n) is 8.97. The highest BCUT2D eigenvalue weighted by Crippen LogP contribution is 2.37. The molecule has 31 heavy (non-hydrogen) atoms. The Morgan fingerprint density at radius 1 is 1.06 bits per heavy atom. The molecule has 0 atom stereocenters. The third-order valence-electron chi connectivity index (χ3n) is 6.43. The van der Waals surface area contributed by atoms with Gasteiger partial charge in [0, 0.05) is 46.8 Å². The van der Waals surface area contributed by atoms with Gasteiger partial charge in [-0.05, 0) is 78.2 Å². The lowest BCUT2D eigenvalue weighted by Gasteiger charge is -2.12. The van der Waals surface area contributed by atoms with Crippen LogP contribution in [0.5, 0.6) is 0 Å². The zero-order chi connectivity index (χ0) is 22.1. The Kier molecular flexibility index (Phi) is 6.19. The van der Waals surface area contributed by atoms with Crippen LogP contribution < -0.4 is 10.9 Å². The maximum absolute atomic E-state index is 12.8. The van der Waals surface area contributed by atoms with Gasteiger partial charge in [-0.1, -0.05) is 0 Å². The number of nitrogens with one attached hydrogen (secondary N) is 1. The summed E-state index contributed by atoms with van der Waals surface area (Å²) in [5, 5.41) is 5.02. The van der Waals surface area contributed by atoms with Crippen LogP contribution in [0.3, 0.4) is 0 Å². The first-order chi connectivity index (χ1) is 14.9. The summed E-state index contributed by atoms with van der Waals surface area (Å²) in [5.74, 6) is 1.04. The Labute approximate surface area is 182 Å². The van der Waals surface area contributed by atoms with Gasteiger partial charge in [-0.25, -0.2) is 4.79 Å². The van der Waals surface area contributed by atoms with Crippen LogP contribution in [0.2, 0.25) is 0 Å². The van der Waals surface area contributed by atoms with Crippen molar-refractivity contribution in [1.82, 2.24) is 10.2 Å². The average molecular weight is 425 g/mol. The summed E-state index contributed by atoms with van der Waals surface area (Å²) in [4.78, 5) is 27.1. The maximum Gasteiger partial charge on any atom is 0.339 e. The monoisotopic (exact) mass is 424 g/mol. The van der Waals surface area contributed by atoms with Crippen LogP contribution in [-0.4, -0.2) is 38.0 Å². The molecule has 1 aliphatic carbocycles. The van der Waals surface area contributed by atoms with E-state index in [0.29, 0.717) is 24.1 Å². The van der Waals surface area contributed by atoms with Gasteiger partial charge in [-0.3, -0.25) is 4.79 Å². The molecule has 0 saturated heterocycles. The van der Waals surface area contributed by atoms with Crippen molar-refractivity contribution in [3.05, 3.63) is 44.5 Å². The second-order valence-corrected chi connectivity index (χ2v) is 8.97. The van der Waals surface area contributed by atoms with Crippen LogP contribution in [0.25, 0.3) is 21.9 Å². The molecule has 0 spiro atoms. The summed E-state index contributed by atoms with van der Waals surface area (Å²) in [6, 6.07) is 2.12. The van der Waals surface area contributed by atoms with Gasteiger partial charge in [0.05, 0.1) is 0 Å². The molecule has 1 aromatic carbocycles. The molecule has 2 aromatic heterocycles. The van der Waals surface area contributed by atoms with Crippen LogP contribution in [0.1, 0.15) is 53.7 Å². The Balaban J connectivity index is 1.61. The highest BCUT2D eigenvalue weighted by Gasteiger charge is 2.23. The number of fused-ring (bicyclic) bond motifs is 4. The van der Waals surface area contributed by atoms with Crippen LogP contribution in [-0.2, 0) is 24.1 Å². The van der Waals surface area contributed by atoms with Crippen molar-refractivity contribution in [3.8, 4) is 0 Å². The lowest BCUT2D eigenvalue weighted by molar-refractivity contribution is -0.121. The molecule has 6 nitrogen and oxygen atoms in total. The molecule has 0 unspecified atom stereocenters. The number of aryl methyl sites for hydroxylation is 4. The number of furan rings is 1. The zero-order valence-electron chi connectivity index (χ0n) is 19.0. The number of rotatable bonds is 7. The van der Waals surface area contributed by atoms with Gasteiger partial charge in [0.25, 0.3) is 0 Å². The Morgan fingerprint density at radius 2 is 1.81 bits per heavy atom. The zero-order valence-corrected chi connectivity index (χ0v) is 19.0. The Morgan fingerprint density at radius 3 is 2.58 bits per heavy atom. The second kappa shape index (κ2) is 8.87. The third kappa shape index (κ3) is 4.26. The smallest absolute Gasteiger partial charge is 0.339 e. The highest BCUT2D eigenvalue weighted by atomic mass is 16.4. The van der Waals surface area contributed by atoms with Crippen molar-refractivity contribution in [1.29, 1.82) is 0 Å². The number of carbonyl (C=O) groups excluding carboxylic acids is 1. The molecule has 0 saturated carbocycles. The van der Waals surface area contributed by atoms with Gasteiger partial charge in [-0.15, -0.1) is 0 Å².